The summed E-state index contributed by atoms with van der Waals surface area (Å²) in [5, 5.41) is 12.0. The van der Waals surface area contributed by atoms with Crippen LogP contribution in [-0.2, 0) is 14.3 Å². The minimum atomic E-state index is -0.641. The largest absolute Gasteiger partial charge is 0.458 e. The molecular weight excluding hydrogens is 306 g/mol. The summed E-state index contributed by atoms with van der Waals surface area (Å²) < 4.78 is 5.21. The Bertz CT molecular complexity index is 320. The van der Waals surface area contributed by atoms with E-state index in [-0.39, 0.29) is 25.0 Å². The monoisotopic (exact) mass is 343 g/mol. The minimum Gasteiger partial charge on any atom is -0.458 e. The van der Waals surface area contributed by atoms with Crippen LogP contribution in [0.15, 0.2) is 0 Å². The average molecular weight is 344 g/mol. The number of rotatable bonds is 16. The summed E-state index contributed by atoms with van der Waals surface area (Å²) in [6, 6.07) is 0. The van der Waals surface area contributed by atoms with Crippen molar-refractivity contribution in [2.75, 3.05) is 13.2 Å². The van der Waals surface area contributed by atoms with E-state index in [1.54, 1.807) is 0 Å². The number of amides is 1. The van der Waals surface area contributed by atoms with Gasteiger partial charge in [0.05, 0.1) is 13.2 Å². The summed E-state index contributed by atoms with van der Waals surface area (Å²) in [6.45, 7) is 4.23. The van der Waals surface area contributed by atoms with Gasteiger partial charge in [-0.2, -0.15) is 0 Å². The van der Waals surface area contributed by atoms with Crippen LogP contribution in [0.2, 0.25) is 0 Å². The maximum absolute atomic E-state index is 11.7. The summed E-state index contributed by atoms with van der Waals surface area (Å²) in [6.07, 6.45) is 11.1. The molecule has 5 nitrogen and oxygen atoms in total. The first-order chi connectivity index (χ1) is 11.6. The fourth-order valence-corrected chi connectivity index (χ4v) is 2.47. The Morgan fingerprint density at radius 1 is 0.875 bits per heavy atom. The lowest BCUT2D eigenvalue weighted by atomic mass is 10.1. The molecule has 0 heterocycles. The first-order valence-corrected chi connectivity index (χ1v) is 9.71. The van der Waals surface area contributed by atoms with Gasteiger partial charge in [-0.25, -0.2) is 0 Å². The van der Waals surface area contributed by atoms with Crippen molar-refractivity contribution in [3.8, 4) is 0 Å². The second-order valence-electron chi connectivity index (χ2n) is 6.43. The average Bonchev–Trinajstić information content (AvgIpc) is 2.58. The molecule has 1 atom stereocenters. The second-order valence-corrected chi connectivity index (χ2v) is 6.43. The zero-order valence-electron chi connectivity index (χ0n) is 15.6. The van der Waals surface area contributed by atoms with E-state index < -0.39 is 6.10 Å². The highest BCUT2D eigenvalue weighted by atomic mass is 16.6. The zero-order valence-corrected chi connectivity index (χ0v) is 15.6. The quantitative estimate of drug-likeness (QED) is 0.331. The topological polar surface area (TPSA) is 75.6 Å². The Hall–Kier alpha value is -1.10. The molecule has 0 saturated carbocycles. The first kappa shape index (κ1) is 22.9. The van der Waals surface area contributed by atoms with Crippen LogP contribution in [0.1, 0.15) is 90.9 Å². The highest BCUT2D eigenvalue weighted by Crippen LogP contribution is 2.07. The molecule has 0 radical (unpaired) electrons. The van der Waals surface area contributed by atoms with E-state index in [9.17, 15) is 14.7 Å². The number of esters is 1. The van der Waals surface area contributed by atoms with Gasteiger partial charge in [0.2, 0.25) is 5.91 Å². The molecule has 0 fully saturated rings. The van der Waals surface area contributed by atoms with Gasteiger partial charge in [0.25, 0.3) is 0 Å². The van der Waals surface area contributed by atoms with Crippen LogP contribution in [0.25, 0.3) is 0 Å². The Kier molecular flexibility index (Phi) is 16.0. The molecule has 0 aliphatic rings. The predicted molar refractivity (Wildman–Crippen MR) is 96.7 cm³/mol. The van der Waals surface area contributed by atoms with Crippen LogP contribution in [0.4, 0.5) is 0 Å². The van der Waals surface area contributed by atoms with Gasteiger partial charge in [-0.15, -0.1) is 0 Å². The number of unbranched alkanes of at least 4 members (excludes halogenated alkanes) is 8. The van der Waals surface area contributed by atoms with Crippen molar-refractivity contribution in [3.63, 3.8) is 0 Å². The minimum absolute atomic E-state index is 0.0411. The third kappa shape index (κ3) is 14.5. The maximum atomic E-state index is 11.7. The molecule has 0 aliphatic carbocycles. The standard InChI is InChI=1S/C19H37NO4/c1-3-5-7-9-11-13-18(22)20-15-17(16-21)24-19(23)14-12-10-8-6-4-2/h17,21H,3-16H2,1-2H3,(H,20,22). The van der Waals surface area contributed by atoms with E-state index in [2.05, 4.69) is 19.2 Å². The van der Waals surface area contributed by atoms with Crippen molar-refractivity contribution in [2.45, 2.75) is 97.0 Å². The number of hydrogen-bond donors (Lipinski definition) is 2. The van der Waals surface area contributed by atoms with Crippen molar-refractivity contribution < 1.29 is 19.4 Å². The van der Waals surface area contributed by atoms with Gasteiger partial charge in [-0.1, -0.05) is 65.2 Å². The molecule has 5 heteroatoms. The third-order valence-electron chi connectivity index (χ3n) is 4.02. The Balaban J connectivity index is 3.73. The van der Waals surface area contributed by atoms with Gasteiger partial charge >= 0.3 is 5.97 Å². The summed E-state index contributed by atoms with van der Waals surface area (Å²) in [5.74, 6) is -0.333. The van der Waals surface area contributed by atoms with Crippen molar-refractivity contribution in [3.05, 3.63) is 0 Å². The van der Waals surface area contributed by atoms with E-state index >= 15 is 0 Å². The van der Waals surface area contributed by atoms with E-state index in [4.69, 9.17) is 4.74 Å². The first-order valence-electron chi connectivity index (χ1n) is 9.71. The van der Waals surface area contributed by atoms with Gasteiger partial charge in [-0.05, 0) is 12.8 Å². The SMILES string of the molecule is CCCCCCCC(=O)NCC(CO)OC(=O)CCCCCCC. The molecule has 0 bridgehead atoms. The number of hydrogen-bond acceptors (Lipinski definition) is 4. The molecule has 1 unspecified atom stereocenters. The molecule has 0 aromatic rings. The lowest BCUT2D eigenvalue weighted by Gasteiger charge is -2.16. The molecule has 142 valence electrons. The van der Waals surface area contributed by atoms with Crippen molar-refractivity contribution >= 4 is 11.9 Å². The highest BCUT2D eigenvalue weighted by Gasteiger charge is 2.14. The van der Waals surface area contributed by atoms with E-state index in [0.29, 0.717) is 12.8 Å². The third-order valence-corrected chi connectivity index (χ3v) is 4.02. The van der Waals surface area contributed by atoms with Crippen LogP contribution in [-0.4, -0.2) is 36.2 Å². The van der Waals surface area contributed by atoms with Crippen molar-refractivity contribution in [1.29, 1.82) is 0 Å². The second kappa shape index (κ2) is 16.7. The Morgan fingerprint density at radius 2 is 1.42 bits per heavy atom. The zero-order chi connectivity index (χ0) is 18.0. The number of nitrogens with one attached hydrogen (secondary N) is 1. The predicted octanol–water partition coefficient (Wildman–Crippen LogP) is 3.73. The molecule has 1 amide bonds. The van der Waals surface area contributed by atoms with Crippen LogP contribution in [0.5, 0.6) is 0 Å². The smallest absolute Gasteiger partial charge is 0.306 e. The Labute approximate surface area is 147 Å². The van der Waals surface area contributed by atoms with Gasteiger partial charge in [0.15, 0.2) is 0 Å². The molecular formula is C19H37NO4. The molecule has 0 spiro atoms. The fraction of sp³-hybridized carbons (Fsp3) is 0.895. The van der Waals surface area contributed by atoms with Crippen LogP contribution < -0.4 is 5.32 Å². The summed E-state index contributed by atoms with van der Waals surface area (Å²) in [5.41, 5.74) is 0. The van der Waals surface area contributed by atoms with E-state index in [1.807, 2.05) is 0 Å². The molecule has 24 heavy (non-hydrogen) atoms. The molecule has 2 N–H and O–H groups in total. The lowest BCUT2D eigenvalue weighted by Crippen LogP contribution is -2.36. The van der Waals surface area contributed by atoms with Crippen LogP contribution in [0.3, 0.4) is 0 Å². The summed E-state index contributed by atoms with van der Waals surface area (Å²) in [4.78, 5) is 23.4. The normalized spacial score (nSPS) is 12.0. The molecule has 0 aromatic carbocycles. The van der Waals surface area contributed by atoms with Gasteiger partial charge in [0, 0.05) is 12.8 Å². The fourth-order valence-electron chi connectivity index (χ4n) is 2.47. The number of carbonyl (C=O) groups excluding carboxylic acids is 2. The number of aliphatic hydroxyl groups is 1. The van der Waals surface area contributed by atoms with Gasteiger partial charge in [0.1, 0.15) is 6.10 Å². The maximum Gasteiger partial charge on any atom is 0.306 e. The van der Waals surface area contributed by atoms with Gasteiger partial charge in [-0.3, -0.25) is 9.59 Å². The van der Waals surface area contributed by atoms with Crippen LogP contribution in [0, 0.1) is 0 Å². The number of carbonyl (C=O) groups is 2. The van der Waals surface area contributed by atoms with Crippen LogP contribution >= 0.6 is 0 Å². The molecule has 0 aromatic heterocycles. The van der Waals surface area contributed by atoms with E-state index in [1.165, 1.54) is 32.1 Å². The van der Waals surface area contributed by atoms with Crippen molar-refractivity contribution in [2.24, 2.45) is 0 Å². The molecule has 0 rings (SSSR count). The highest BCUT2D eigenvalue weighted by molar-refractivity contribution is 5.76. The number of ether oxygens (including phenoxy) is 1. The lowest BCUT2D eigenvalue weighted by molar-refractivity contribution is -0.151. The summed E-state index contributed by atoms with van der Waals surface area (Å²) >= 11 is 0. The van der Waals surface area contributed by atoms with Crippen molar-refractivity contribution in [1.82, 2.24) is 5.32 Å². The Morgan fingerprint density at radius 3 is 1.96 bits per heavy atom. The van der Waals surface area contributed by atoms with Gasteiger partial charge < -0.3 is 15.2 Å². The van der Waals surface area contributed by atoms with E-state index in [0.717, 1.165) is 32.1 Å². The molecule has 0 saturated heterocycles. The number of aliphatic hydroxyl groups excluding tert-OH is 1. The summed E-state index contributed by atoms with van der Waals surface area (Å²) in [7, 11) is 0. The molecule has 0 aliphatic heterocycles.